The maximum Gasteiger partial charge on any atom is 0.227 e. The minimum Gasteiger partial charge on any atom is -0.496 e. The highest BCUT2D eigenvalue weighted by molar-refractivity contribution is 5.83. The van der Waals surface area contributed by atoms with E-state index in [9.17, 15) is 14.3 Å². The first-order valence-corrected chi connectivity index (χ1v) is 9.90. The van der Waals surface area contributed by atoms with Crippen LogP contribution in [0.25, 0.3) is 11.1 Å². The van der Waals surface area contributed by atoms with Gasteiger partial charge in [-0.1, -0.05) is 24.3 Å². The van der Waals surface area contributed by atoms with Crippen molar-refractivity contribution in [2.75, 3.05) is 26.9 Å². The summed E-state index contributed by atoms with van der Waals surface area (Å²) in [6.45, 7) is 2.73. The lowest BCUT2D eigenvalue weighted by atomic mass is 9.74. The Bertz CT molecular complexity index is 849. The summed E-state index contributed by atoms with van der Waals surface area (Å²) in [5.74, 6) is 0.208. The van der Waals surface area contributed by atoms with Crippen molar-refractivity contribution in [3.63, 3.8) is 0 Å². The topological polar surface area (TPSA) is 67.8 Å². The molecule has 0 aliphatic carbocycles. The minimum absolute atomic E-state index is 0.0592. The van der Waals surface area contributed by atoms with Crippen molar-refractivity contribution in [2.24, 2.45) is 5.41 Å². The fourth-order valence-electron chi connectivity index (χ4n) is 3.81. The van der Waals surface area contributed by atoms with Crippen molar-refractivity contribution in [3.05, 3.63) is 53.8 Å². The zero-order valence-corrected chi connectivity index (χ0v) is 16.9. The summed E-state index contributed by atoms with van der Waals surface area (Å²) in [6, 6.07) is 11.9. The van der Waals surface area contributed by atoms with E-state index in [1.54, 1.807) is 20.1 Å². The van der Waals surface area contributed by atoms with Gasteiger partial charge in [-0.15, -0.1) is 0 Å². The van der Waals surface area contributed by atoms with Crippen molar-refractivity contribution in [2.45, 2.75) is 32.2 Å². The van der Waals surface area contributed by atoms with E-state index in [-0.39, 0.29) is 24.4 Å². The smallest absolute Gasteiger partial charge is 0.227 e. The molecule has 0 aromatic heterocycles. The number of ether oxygens (including phenoxy) is 2. The van der Waals surface area contributed by atoms with E-state index in [2.05, 4.69) is 5.32 Å². The lowest BCUT2D eigenvalue weighted by Crippen LogP contribution is -2.49. The molecule has 0 bridgehead atoms. The second kappa shape index (κ2) is 9.37. The Morgan fingerprint density at radius 3 is 2.72 bits per heavy atom. The largest absolute Gasteiger partial charge is 0.496 e. The molecule has 0 spiro atoms. The van der Waals surface area contributed by atoms with E-state index in [1.165, 1.54) is 12.1 Å². The molecule has 156 valence electrons. The number of benzene rings is 2. The van der Waals surface area contributed by atoms with Gasteiger partial charge in [-0.3, -0.25) is 4.79 Å². The molecule has 1 atom stereocenters. The lowest BCUT2D eigenvalue weighted by Gasteiger charge is -2.36. The number of carbonyl (C=O) groups excluding carboxylic acids is 1. The Hall–Kier alpha value is -2.44. The number of nitrogens with one attached hydrogen (secondary N) is 1. The van der Waals surface area contributed by atoms with Crippen LogP contribution in [0.1, 0.15) is 25.3 Å². The van der Waals surface area contributed by atoms with Crippen molar-refractivity contribution >= 4 is 5.91 Å². The highest BCUT2D eigenvalue weighted by Gasteiger charge is 2.40. The van der Waals surface area contributed by atoms with Crippen molar-refractivity contribution in [1.29, 1.82) is 0 Å². The summed E-state index contributed by atoms with van der Waals surface area (Å²) in [6.07, 6.45) is 1.78. The average molecular weight is 401 g/mol. The molecule has 0 radical (unpaired) electrons. The third kappa shape index (κ3) is 4.95. The van der Waals surface area contributed by atoms with Crippen LogP contribution in [-0.2, 0) is 16.0 Å². The molecule has 2 aromatic rings. The first-order valence-electron chi connectivity index (χ1n) is 9.90. The molecule has 3 rings (SSSR count). The Morgan fingerprint density at radius 1 is 1.28 bits per heavy atom. The molecule has 1 amide bonds. The van der Waals surface area contributed by atoms with Gasteiger partial charge in [0.05, 0.1) is 19.1 Å². The molecule has 2 N–H and O–H groups in total. The summed E-state index contributed by atoms with van der Waals surface area (Å²) in [7, 11) is 1.56. The third-order valence-electron chi connectivity index (χ3n) is 5.52. The van der Waals surface area contributed by atoms with Crippen molar-refractivity contribution < 1.29 is 23.8 Å². The quantitative estimate of drug-likeness (QED) is 0.747. The van der Waals surface area contributed by atoms with Crippen LogP contribution in [-0.4, -0.2) is 44.0 Å². The van der Waals surface area contributed by atoms with E-state index < -0.39 is 5.41 Å². The van der Waals surface area contributed by atoms with Crippen LogP contribution in [0.3, 0.4) is 0 Å². The fourth-order valence-corrected chi connectivity index (χ4v) is 3.81. The zero-order valence-electron chi connectivity index (χ0n) is 16.9. The fraction of sp³-hybridized carbons (Fsp3) is 0.435. The first kappa shape index (κ1) is 21.3. The van der Waals surface area contributed by atoms with Crippen molar-refractivity contribution in [3.8, 4) is 16.9 Å². The molecule has 1 aliphatic heterocycles. The minimum atomic E-state index is -0.591. The Labute approximate surface area is 170 Å². The molecule has 6 heteroatoms. The lowest BCUT2D eigenvalue weighted by molar-refractivity contribution is -0.137. The van der Waals surface area contributed by atoms with Crippen LogP contribution >= 0.6 is 0 Å². The standard InChI is InChI=1S/C23H28FNO4/c1-16(15-26)25-22(27)23(8-10-29-11-9-23)14-17-4-3-5-18(12-17)20-13-19(24)6-7-21(20)28-2/h3-7,12-13,16,26H,8-11,14-15H2,1-2H3,(H,25,27). The molecule has 2 aromatic carbocycles. The normalized spacial score (nSPS) is 16.8. The van der Waals surface area contributed by atoms with Crippen molar-refractivity contribution in [1.82, 2.24) is 5.32 Å². The second-order valence-corrected chi connectivity index (χ2v) is 7.67. The van der Waals surface area contributed by atoms with Gasteiger partial charge in [0.25, 0.3) is 0 Å². The monoisotopic (exact) mass is 401 g/mol. The molecular formula is C23H28FNO4. The predicted molar refractivity (Wildman–Crippen MR) is 109 cm³/mol. The number of hydrogen-bond acceptors (Lipinski definition) is 4. The zero-order chi connectivity index (χ0) is 20.9. The maximum atomic E-state index is 13.8. The number of amides is 1. The third-order valence-corrected chi connectivity index (χ3v) is 5.52. The molecule has 1 fully saturated rings. The van der Waals surface area contributed by atoms with Gasteiger partial charge in [-0.05, 0) is 55.5 Å². The summed E-state index contributed by atoms with van der Waals surface area (Å²) in [5, 5.41) is 12.2. The highest BCUT2D eigenvalue weighted by atomic mass is 19.1. The van der Waals surface area contributed by atoms with E-state index in [0.29, 0.717) is 43.8 Å². The van der Waals surface area contributed by atoms with E-state index in [4.69, 9.17) is 9.47 Å². The van der Waals surface area contributed by atoms with Gasteiger partial charge >= 0.3 is 0 Å². The molecule has 1 aliphatic rings. The van der Waals surface area contributed by atoms with Gasteiger partial charge in [0.1, 0.15) is 11.6 Å². The van der Waals surface area contributed by atoms with E-state index >= 15 is 0 Å². The number of hydrogen-bond donors (Lipinski definition) is 2. The number of aliphatic hydroxyl groups is 1. The van der Waals surface area contributed by atoms with Crippen LogP contribution in [0.2, 0.25) is 0 Å². The second-order valence-electron chi connectivity index (χ2n) is 7.67. The molecule has 5 nitrogen and oxygen atoms in total. The van der Waals surface area contributed by atoms with Crippen LogP contribution in [0.4, 0.5) is 4.39 Å². The summed E-state index contributed by atoms with van der Waals surface area (Å²) in [4.78, 5) is 13.0. The van der Waals surface area contributed by atoms with Crippen LogP contribution in [0.5, 0.6) is 5.75 Å². The molecule has 1 heterocycles. The SMILES string of the molecule is COc1ccc(F)cc1-c1cccc(CC2(C(=O)NC(C)CO)CCOCC2)c1. The van der Waals surface area contributed by atoms with Gasteiger partial charge in [-0.2, -0.15) is 0 Å². The van der Waals surface area contributed by atoms with Gasteiger partial charge in [0.2, 0.25) is 5.91 Å². The Balaban J connectivity index is 1.91. The molecule has 1 saturated heterocycles. The van der Waals surface area contributed by atoms with Crippen LogP contribution in [0.15, 0.2) is 42.5 Å². The summed E-state index contributed by atoms with van der Waals surface area (Å²) >= 11 is 0. The molecule has 1 unspecified atom stereocenters. The number of aliphatic hydroxyl groups excluding tert-OH is 1. The summed E-state index contributed by atoms with van der Waals surface area (Å²) < 4.78 is 24.7. The van der Waals surface area contributed by atoms with E-state index in [1.807, 2.05) is 24.3 Å². The van der Waals surface area contributed by atoms with E-state index in [0.717, 1.165) is 11.1 Å². The van der Waals surface area contributed by atoms with Gasteiger partial charge in [0, 0.05) is 24.8 Å². The number of carbonyl (C=O) groups is 1. The van der Waals surface area contributed by atoms with Crippen LogP contribution in [0, 0.1) is 11.2 Å². The number of halogens is 1. The molecule has 0 saturated carbocycles. The first-order chi connectivity index (χ1) is 14.0. The number of rotatable bonds is 7. The molecule has 29 heavy (non-hydrogen) atoms. The average Bonchev–Trinajstić information content (AvgIpc) is 2.74. The Kier molecular flexibility index (Phi) is 6.87. The maximum absolute atomic E-state index is 13.8. The summed E-state index contributed by atoms with van der Waals surface area (Å²) in [5.41, 5.74) is 1.91. The predicted octanol–water partition coefficient (Wildman–Crippen LogP) is 3.34. The molecular weight excluding hydrogens is 373 g/mol. The Morgan fingerprint density at radius 2 is 2.03 bits per heavy atom. The number of methoxy groups -OCH3 is 1. The van der Waals surface area contributed by atoms with Gasteiger partial charge < -0.3 is 19.9 Å². The van der Waals surface area contributed by atoms with Gasteiger partial charge in [0.15, 0.2) is 0 Å². The highest BCUT2D eigenvalue weighted by Crippen LogP contribution is 2.37. The van der Waals surface area contributed by atoms with Gasteiger partial charge in [-0.25, -0.2) is 4.39 Å². The van der Waals surface area contributed by atoms with Crippen LogP contribution < -0.4 is 10.1 Å².